The summed E-state index contributed by atoms with van der Waals surface area (Å²) in [5.41, 5.74) is -0.0174. The first-order valence-electron chi connectivity index (χ1n) is 14.6. The van der Waals surface area contributed by atoms with Gasteiger partial charge >= 0.3 is 29.9 Å². The SMILES string of the molecule is CCCCCC1CCC(C2CCC(C(=O)Oc3ccc(CCC(F)(F)C(F)(F)C(F)(F)C(F)(F)F)cc3)CC2)CC1. The van der Waals surface area contributed by atoms with Gasteiger partial charge in [-0.05, 0) is 80.4 Å². The largest absolute Gasteiger partial charge is 0.460 e. The molecule has 0 saturated heterocycles. The number of alkyl halides is 9. The van der Waals surface area contributed by atoms with E-state index in [1.54, 1.807) is 0 Å². The van der Waals surface area contributed by atoms with Gasteiger partial charge in [0.1, 0.15) is 5.75 Å². The second-order valence-corrected chi connectivity index (χ2v) is 11.8. The van der Waals surface area contributed by atoms with Crippen molar-refractivity contribution >= 4 is 5.97 Å². The van der Waals surface area contributed by atoms with Gasteiger partial charge in [0.05, 0.1) is 5.92 Å². The maximum Gasteiger partial charge on any atom is 0.460 e. The van der Waals surface area contributed by atoms with Gasteiger partial charge in [0.2, 0.25) is 0 Å². The lowest BCUT2D eigenvalue weighted by Crippen LogP contribution is -2.60. The first kappa shape index (κ1) is 33.6. The number of hydrogen-bond donors (Lipinski definition) is 0. The summed E-state index contributed by atoms with van der Waals surface area (Å²) >= 11 is 0. The first-order valence-corrected chi connectivity index (χ1v) is 14.6. The van der Waals surface area contributed by atoms with Crippen LogP contribution in [0, 0.1) is 23.7 Å². The molecule has 0 aliphatic heterocycles. The van der Waals surface area contributed by atoms with Crippen LogP contribution in [0.1, 0.15) is 96.0 Å². The molecule has 2 aliphatic carbocycles. The molecule has 0 N–H and O–H groups in total. The van der Waals surface area contributed by atoms with Crippen molar-refractivity contribution in [1.29, 1.82) is 0 Å². The summed E-state index contributed by atoms with van der Waals surface area (Å²) in [6.45, 7) is 2.21. The molecule has 0 radical (unpaired) electrons. The smallest absolute Gasteiger partial charge is 0.426 e. The van der Waals surface area contributed by atoms with Crippen molar-refractivity contribution < 1.29 is 49.0 Å². The zero-order valence-electron chi connectivity index (χ0n) is 23.2. The van der Waals surface area contributed by atoms with E-state index >= 15 is 0 Å². The number of carbonyl (C=O) groups excluding carboxylic acids is 1. The Morgan fingerprint density at radius 2 is 1.29 bits per heavy atom. The zero-order valence-corrected chi connectivity index (χ0v) is 23.2. The second-order valence-electron chi connectivity index (χ2n) is 11.8. The van der Waals surface area contributed by atoms with Gasteiger partial charge in [0.25, 0.3) is 0 Å². The zero-order chi connectivity index (χ0) is 30.5. The van der Waals surface area contributed by atoms with Gasteiger partial charge in [-0.15, -0.1) is 0 Å². The minimum absolute atomic E-state index is 0.0174. The number of benzene rings is 1. The summed E-state index contributed by atoms with van der Waals surface area (Å²) in [5.74, 6) is -17.6. The van der Waals surface area contributed by atoms with Crippen LogP contribution in [-0.4, -0.2) is 29.9 Å². The van der Waals surface area contributed by atoms with Crippen LogP contribution in [0.2, 0.25) is 0 Å². The highest BCUT2D eigenvalue weighted by atomic mass is 19.4. The van der Waals surface area contributed by atoms with Gasteiger partial charge in [-0.1, -0.05) is 57.6 Å². The number of ether oxygens (including phenoxy) is 1. The number of aryl methyl sites for hydroxylation is 1. The molecular weight excluding hydrogens is 563 g/mol. The number of halogens is 9. The monoisotopic (exact) mass is 602 g/mol. The van der Waals surface area contributed by atoms with Crippen molar-refractivity contribution in [3.63, 3.8) is 0 Å². The van der Waals surface area contributed by atoms with E-state index in [0.29, 0.717) is 24.7 Å². The molecule has 2 aliphatic rings. The fourth-order valence-electron chi connectivity index (χ4n) is 6.25. The lowest BCUT2D eigenvalue weighted by molar-refractivity contribution is -0.396. The third kappa shape index (κ3) is 8.12. The average molecular weight is 603 g/mol. The summed E-state index contributed by atoms with van der Waals surface area (Å²) in [5, 5.41) is 0. The van der Waals surface area contributed by atoms with Crippen LogP contribution < -0.4 is 4.74 Å². The summed E-state index contributed by atoms with van der Waals surface area (Å²) in [6.07, 6.45) is 3.89. The quantitative estimate of drug-likeness (QED) is 0.103. The average Bonchev–Trinajstić information content (AvgIpc) is 2.92. The predicted molar refractivity (Wildman–Crippen MR) is 136 cm³/mol. The van der Waals surface area contributed by atoms with Crippen molar-refractivity contribution in [1.82, 2.24) is 0 Å². The van der Waals surface area contributed by atoms with E-state index < -0.39 is 42.8 Å². The Bertz CT molecular complexity index is 959. The summed E-state index contributed by atoms with van der Waals surface area (Å²) in [7, 11) is 0. The normalized spacial score (nSPS) is 24.7. The lowest BCUT2D eigenvalue weighted by atomic mass is 9.68. The molecule has 11 heteroatoms. The number of esters is 1. The second kappa shape index (κ2) is 13.6. The van der Waals surface area contributed by atoms with Crippen LogP contribution in [0.5, 0.6) is 5.75 Å². The number of hydrogen-bond acceptors (Lipinski definition) is 2. The van der Waals surface area contributed by atoms with Crippen LogP contribution in [-0.2, 0) is 11.2 Å². The van der Waals surface area contributed by atoms with Gasteiger partial charge in [-0.2, -0.15) is 39.5 Å². The molecule has 0 bridgehead atoms. The predicted octanol–water partition coefficient (Wildman–Crippen LogP) is 10.2. The molecule has 0 spiro atoms. The van der Waals surface area contributed by atoms with Crippen LogP contribution >= 0.6 is 0 Å². The lowest BCUT2D eigenvalue weighted by Gasteiger charge is -2.37. The van der Waals surface area contributed by atoms with Crippen molar-refractivity contribution in [2.24, 2.45) is 23.7 Å². The summed E-state index contributed by atoms with van der Waals surface area (Å²) < 4.78 is 123. The molecule has 0 aromatic heterocycles. The molecule has 2 nitrogen and oxygen atoms in total. The Labute approximate surface area is 235 Å². The molecule has 0 heterocycles. The van der Waals surface area contributed by atoms with Crippen LogP contribution in [0.15, 0.2) is 24.3 Å². The molecule has 0 unspecified atom stereocenters. The molecule has 1 aromatic rings. The maximum absolute atomic E-state index is 13.8. The Hall–Kier alpha value is -1.94. The van der Waals surface area contributed by atoms with E-state index in [0.717, 1.165) is 18.8 Å². The van der Waals surface area contributed by atoms with E-state index in [1.165, 1.54) is 75.6 Å². The highest BCUT2D eigenvalue weighted by Crippen LogP contribution is 2.54. The van der Waals surface area contributed by atoms with Crippen molar-refractivity contribution in [2.75, 3.05) is 0 Å². The molecule has 234 valence electrons. The standard InChI is InChI=1S/C30H39F9O2/c1-2-3-4-5-20-6-10-22(11-7-20)23-12-14-24(15-13-23)26(40)41-25-16-8-21(9-17-25)18-19-27(31,32)28(33,34)29(35,36)30(37,38)39/h8-9,16-17,20,22-24H,2-7,10-15,18-19H2,1H3. The van der Waals surface area contributed by atoms with Crippen molar-refractivity contribution in [2.45, 2.75) is 121 Å². The molecule has 0 atom stereocenters. The van der Waals surface area contributed by atoms with Gasteiger partial charge in [-0.3, -0.25) is 4.79 Å². The van der Waals surface area contributed by atoms with Crippen LogP contribution in [0.3, 0.4) is 0 Å². The molecule has 2 fully saturated rings. The topological polar surface area (TPSA) is 26.3 Å². The summed E-state index contributed by atoms with van der Waals surface area (Å²) in [4.78, 5) is 12.7. The third-order valence-electron chi connectivity index (χ3n) is 8.96. The highest BCUT2D eigenvalue weighted by molar-refractivity contribution is 5.75. The van der Waals surface area contributed by atoms with E-state index in [1.807, 2.05) is 0 Å². The molecule has 0 amide bonds. The Balaban J connectivity index is 1.43. The maximum atomic E-state index is 13.8. The van der Waals surface area contributed by atoms with Crippen LogP contribution in [0.4, 0.5) is 39.5 Å². The number of carbonyl (C=O) groups is 1. The highest BCUT2D eigenvalue weighted by Gasteiger charge is 2.81. The fourth-order valence-corrected chi connectivity index (χ4v) is 6.25. The van der Waals surface area contributed by atoms with Gasteiger partial charge < -0.3 is 4.74 Å². The van der Waals surface area contributed by atoms with Crippen molar-refractivity contribution in [3.05, 3.63) is 29.8 Å². The molecule has 1 aromatic carbocycles. The van der Waals surface area contributed by atoms with Gasteiger partial charge in [0, 0.05) is 6.42 Å². The fraction of sp³-hybridized carbons (Fsp3) is 0.767. The third-order valence-corrected chi connectivity index (χ3v) is 8.96. The molecular formula is C30H39F9O2. The Kier molecular flexibility index (Phi) is 11.1. The first-order chi connectivity index (χ1) is 19.1. The van der Waals surface area contributed by atoms with Crippen LogP contribution in [0.25, 0.3) is 0 Å². The van der Waals surface area contributed by atoms with E-state index in [4.69, 9.17) is 4.74 Å². The van der Waals surface area contributed by atoms with Gasteiger partial charge in [0.15, 0.2) is 0 Å². The van der Waals surface area contributed by atoms with E-state index in [9.17, 15) is 44.3 Å². The Morgan fingerprint density at radius 1 is 0.756 bits per heavy atom. The Morgan fingerprint density at radius 3 is 1.80 bits per heavy atom. The number of rotatable bonds is 12. The van der Waals surface area contributed by atoms with E-state index in [2.05, 4.69) is 6.92 Å². The van der Waals surface area contributed by atoms with E-state index in [-0.39, 0.29) is 17.2 Å². The molecule has 2 saturated carbocycles. The minimum Gasteiger partial charge on any atom is -0.426 e. The molecule has 41 heavy (non-hydrogen) atoms. The molecule has 3 rings (SSSR count). The van der Waals surface area contributed by atoms with Crippen molar-refractivity contribution in [3.8, 4) is 5.75 Å². The summed E-state index contributed by atoms with van der Waals surface area (Å²) in [6, 6.07) is 4.85. The van der Waals surface area contributed by atoms with Gasteiger partial charge in [-0.25, -0.2) is 0 Å². The number of unbranched alkanes of at least 4 members (excludes halogenated alkanes) is 2. The minimum atomic E-state index is -6.89.